The zero-order valence-corrected chi connectivity index (χ0v) is 23.1. The fourth-order valence-electron chi connectivity index (χ4n) is 6.91. The molecule has 3 nitrogen and oxygen atoms in total. The number of fused-ring (bicyclic) bond motifs is 3. The van der Waals surface area contributed by atoms with E-state index in [2.05, 4.69) is 119 Å². The Morgan fingerprint density at radius 3 is 1.88 bits per heavy atom. The normalized spacial score (nSPS) is 11.7. The monoisotopic (exact) mass is 545 g/mol. The van der Waals surface area contributed by atoms with Gasteiger partial charge in [0.25, 0.3) is 0 Å². The number of hydrogen-bond donors (Lipinski definition) is 0. The van der Waals surface area contributed by atoms with E-state index < -0.39 is 0 Å². The van der Waals surface area contributed by atoms with E-state index in [-0.39, 0.29) is 0 Å². The SMILES string of the molecule is N#Cc1ccc2c3ccc(-c4ccc5ccc6c(-c7ccccn7)ccc7ccc4c5c76)cc3n(-c3ccccc3)c2c1. The maximum atomic E-state index is 9.66. The van der Waals surface area contributed by atoms with Crippen molar-refractivity contribution in [2.45, 2.75) is 0 Å². The Bertz CT molecular complexity index is 2550. The quantitative estimate of drug-likeness (QED) is 0.207. The molecule has 0 amide bonds. The summed E-state index contributed by atoms with van der Waals surface area (Å²) in [6.45, 7) is 0. The van der Waals surface area contributed by atoms with Crippen LogP contribution in [-0.4, -0.2) is 9.55 Å². The molecular formula is C40H23N3. The molecule has 0 unspecified atom stereocenters. The number of nitriles is 1. The van der Waals surface area contributed by atoms with Crippen molar-refractivity contribution in [1.29, 1.82) is 5.26 Å². The molecule has 0 saturated carbocycles. The highest BCUT2D eigenvalue weighted by Gasteiger charge is 2.17. The van der Waals surface area contributed by atoms with Gasteiger partial charge in [0.1, 0.15) is 0 Å². The Labute approximate surface area is 247 Å². The molecule has 2 heterocycles. The third-order valence-corrected chi connectivity index (χ3v) is 8.83. The molecule has 7 aromatic carbocycles. The fourth-order valence-corrected chi connectivity index (χ4v) is 6.91. The van der Waals surface area contributed by atoms with E-state index in [1.165, 1.54) is 43.3 Å². The van der Waals surface area contributed by atoms with Gasteiger partial charge >= 0.3 is 0 Å². The van der Waals surface area contributed by atoms with E-state index in [4.69, 9.17) is 0 Å². The molecule has 0 aliphatic rings. The summed E-state index contributed by atoms with van der Waals surface area (Å²) in [7, 11) is 0. The summed E-state index contributed by atoms with van der Waals surface area (Å²) in [5, 5.41) is 19.5. The van der Waals surface area contributed by atoms with Gasteiger partial charge in [-0.05, 0) is 85.9 Å². The Hall–Kier alpha value is -5.98. The van der Waals surface area contributed by atoms with Crippen molar-refractivity contribution in [2.75, 3.05) is 0 Å². The number of pyridine rings is 1. The van der Waals surface area contributed by atoms with Crippen molar-refractivity contribution in [3.8, 4) is 34.1 Å². The minimum atomic E-state index is 0.657. The van der Waals surface area contributed by atoms with E-state index in [0.717, 1.165) is 38.9 Å². The van der Waals surface area contributed by atoms with Gasteiger partial charge in [-0.1, -0.05) is 91.0 Å². The maximum absolute atomic E-state index is 9.66. The second kappa shape index (κ2) is 9.01. The predicted octanol–water partition coefficient (Wildman–Crippen LogP) is 10.3. The molecule has 3 heteroatoms. The molecule has 0 aliphatic heterocycles. The lowest BCUT2D eigenvalue weighted by Crippen LogP contribution is -1.94. The van der Waals surface area contributed by atoms with E-state index in [1.54, 1.807) is 0 Å². The Balaban J connectivity index is 1.34. The zero-order valence-electron chi connectivity index (χ0n) is 23.1. The van der Waals surface area contributed by atoms with Crippen molar-refractivity contribution in [3.05, 3.63) is 145 Å². The molecule has 0 fully saturated rings. The molecule has 0 bridgehead atoms. The summed E-state index contributed by atoms with van der Waals surface area (Å²) in [4.78, 5) is 4.67. The minimum Gasteiger partial charge on any atom is -0.309 e. The van der Waals surface area contributed by atoms with Gasteiger partial charge in [-0.2, -0.15) is 5.26 Å². The summed E-state index contributed by atoms with van der Waals surface area (Å²) < 4.78 is 2.28. The second-order valence-corrected chi connectivity index (χ2v) is 11.1. The Kier molecular flexibility index (Phi) is 4.97. The third-order valence-electron chi connectivity index (χ3n) is 8.83. The molecule has 0 saturated heterocycles. The molecule has 2 aromatic heterocycles. The lowest BCUT2D eigenvalue weighted by Gasteiger charge is -2.16. The lowest BCUT2D eigenvalue weighted by molar-refractivity contribution is 1.18. The summed E-state index contributed by atoms with van der Waals surface area (Å²) in [5.41, 5.74) is 8.40. The predicted molar refractivity (Wildman–Crippen MR) is 178 cm³/mol. The first-order valence-electron chi connectivity index (χ1n) is 14.4. The number of aromatic nitrogens is 2. The molecule has 0 spiro atoms. The highest BCUT2D eigenvalue weighted by atomic mass is 15.0. The van der Waals surface area contributed by atoms with Gasteiger partial charge in [0.05, 0.1) is 28.4 Å². The summed E-state index contributed by atoms with van der Waals surface area (Å²) in [5.74, 6) is 0. The van der Waals surface area contributed by atoms with Gasteiger partial charge < -0.3 is 4.57 Å². The molecule has 0 N–H and O–H groups in total. The van der Waals surface area contributed by atoms with Crippen LogP contribution in [0.4, 0.5) is 0 Å². The smallest absolute Gasteiger partial charge is 0.0992 e. The number of hydrogen-bond acceptors (Lipinski definition) is 2. The van der Waals surface area contributed by atoms with Crippen molar-refractivity contribution in [3.63, 3.8) is 0 Å². The Morgan fingerprint density at radius 1 is 0.535 bits per heavy atom. The van der Waals surface area contributed by atoms with Gasteiger partial charge in [-0.3, -0.25) is 4.98 Å². The van der Waals surface area contributed by atoms with Crippen LogP contribution in [0.2, 0.25) is 0 Å². The molecule has 9 rings (SSSR count). The van der Waals surface area contributed by atoms with Gasteiger partial charge in [-0.15, -0.1) is 0 Å². The largest absolute Gasteiger partial charge is 0.309 e. The van der Waals surface area contributed by atoms with E-state index in [1.807, 2.05) is 36.5 Å². The maximum Gasteiger partial charge on any atom is 0.0992 e. The van der Waals surface area contributed by atoms with Gasteiger partial charge in [0, 0.05) is 28.2 Å². The van der Waals surface area contributed by atoms with Crippen molar-refractivity contribution in [1.82, 2.24) is 9.55 Å². The molecule has 0 aliphatic carbocycles. The van der Waals surface area contributed by atoms with Crippen molar-refractivity contribution >= 4 is 54.1 Å². The lowest BCUT2D eigenvalue weighted by atomic mass is 9.88. The molecule has 0 atom stereocenters. The number of rotatable bonds is 3. The summed E-state index contributed by atoms with van der Waals surface area (Å²) in [6, 6.07) is 49.5. The standard InChI is InChI=1S/C40H23N3/c41-24-25-9-15-32-33-18-14-28(23-38(33)43(37(32)22-25)29-6-2-1-3-7-29)30-16-10-26-13-20-35-31(36-8-4-5-21-42-36)17-11-27-12-19-34(30)39(26)40(27)35/h1-23H. The molecule has 0 radical (unpaired) electrons. The van der Waals surface area contributed by atoms with E-state index >= 15 is 0 Å². The van der Waals surface area contributed by atoms with Crippen LogP contribution in [0.5, 0.6) is 0 Å². The van der Waals surface area contributed by atoms with Crippen LogP contribution in [-0.2, 0) is 0 Å². The first kappa shape index (κ1) is 23.7. The van der Waals surface area contributed by atoms with Crippen LogP contribution in [0.3, 0.4) is 0 Å². The van der Waals surface area contributed by atoms with Crippen molar-refractivity contribution in [2.24, 2.45) is 0 Å². The molecule has 9 aromatic rings. The average molecular weight is 546 g/mol. The third kappa shape index (κ3) is 3.44. The average Bonchev–Trinajstić information content (AvgIpc) is 3.40. The van der Waals surface area contributed by atoms with Crippen LogP contribution in [0, 0.1) is 11.3 Å². The van der Waals surface area contributed by atoms with Crippen LogP contribution in [0.25, 0.3) is 82.2 Å². The highest BCUT2D eigenvalue weighted by molar-refractivity contribution is 6.27. The van der Waals surface area contributed by atoms with Gasteiger partial charge in [-0.25, -0.2) is 0 Å². The van der Waals surface area contributed by atoms with Crippen LogP contribution in [0.1, 0.15) is 5.56 Å². The second-order valence-electron chi connectivity index (χ2n) is 11.1. The van der Waals surface area contributed by atoms with Crippen LogP contribution >= 0.6 is 0 Å². The molecule has 43 heavy (non-hydrogen) atoms. The van der Waals surface area contributed by atoms with Crippen LogP contribution < -0.4 is 0 Å². The van der Waals surface area contributed by atoms with Crippen molar-refractivity contribution < 1.29 is 0 Å². The van der Waals surface area contributed by atoms with Gasteiger partial charge in [0.15, 0.2) is 0 Å². The van der Waals surface area contributed by atoms with E-state index in [0.29, 0.717) is 5.56 Å². The fraction of sp³-hybridized carbons (Fsp3) is 0. The molecule has 198 valence electrons. The topological polar surface area (TPSA) is 41.6 Å². The van der Waals surface area contributed by atoms with Crippen LogP contribution in [0.15, 0.2) is 140 Å². The first-order valence-corrected chi connectivity index (χ1v) is 14.4. The molecular weight excluding hydrogens is 522 g/mol. The zero-order chi connectivity index (χ0) is 28.5. The summed E-state index contributed by atoms with van der Waals surface area (Å²) >= 11 is 0. The summed E-state index contributed by atoms with van der Waals surface area (Å²) in [6.07, 6.45) is 1.86. The van der Waals surface area contributed by atoms with E-state index in [9.17, 15) is 5.26 Å². The highest BCUT2D eigenvalue weighted by Crippen LogP contribution is 2.43. The number of para-hydroxylation sites is 1. The minimum absolute atomic E-state index is 0.657. The first-order chi connectivity index (χ1) is 21.3. The number of benzene rings is 7. The Morgan fingerprint density at radius 2 is 1.16 bits per heavy atom. The number of nitrogens with zero attached hydrogens (tertiary/aromatic N) is 3. The van der Waals surface area contributed by atoms with Gasteiger partial charge in [0.2, 0.25) is 0 Å².